The quantitative estimate of drug-likeness (QED) is 0.610. The van der Waals surface area contributed by atoms with E-state index in [1.54, 1.807) is 12.5 Å². The number of aliphatic carboxylic acids is 1. The van der Waals surface area contributed by atoms with E-state index in [9.17, 15) is 4.79 Å². The molecule has 4 atom stereocenters. The molecule has 2 rings (SSSR count). The van der Waals surface area contributed by atoms with Crippen LogP contribution in [-0.2, 0) is 4.79 Å². The lowest BCUT2D eigenvalue weighted by molar-refractivity contribution is -0.132. The zero-order valence-corrected chi connectivity index (χ0v) is 15.7. The second-order valence-electron chi connectivity index (χ2n) is 7.53. The maximum absolute atomic E-state index is 10.9. The summed E-state index contributed by atoms with van der Waals surface area (Å²) >= 11 is 3.57. The monoisotopic (exact) mass is 368 g/mol. The van der Waals surface area contributed by atoms with Gasteiger partial charge in [-0.2, -0.15) is 0 Å². The standard InChI is InChI=1S/C19H29BrO2/c1-13(6-4-7-14(2)18(21)22)16-9-10-17-15(12-20)8-5-11-19(16,17)3/h7,12-13,16-17H,4-6,8-11H2,1-3H3,(H,21,22)/b14-7-,15-12+/t13-,16-,17?,19-/m1/s1. The lowest BCUT2D eigenvalue weighted by Gasteiger charge is -2.44. The number of rotatable bonds is 5. The number of fused-ring (bicyclic) bond motifs is 1. The van der Waals surface area contributed by atoms with E-state index >= 15 is 0 Å². The predicted molar refractivity (Wildman–Crippen MR) is 95.0 cm³/mol. The molecule has 2 aliphatic carbocycles. The Kier molecular flexibility index (Phi) is 5.93. The van der Waals surface area contributed by atoms with Crippen molar-refractivity contribution in [1.82, 2.24) is 0 Å². The zero-order chi connectivity index (χ0) is 16.3. The van der Waals surface area contributed by atoms with Gasteiger partial charge in [0.2, 0.25) is 0 Å². The Hall–Kier alpha value is -0.570. The van der Waals surface area contributed by atoms with Gasteiger partial charge in [0, 0.05) is 5.57 Å². The van der Waals surface area contributed by atoms with E-state index in [1.807, 2.05) is 6.08 Å². The molecular weight excluding hydrogens is 340 g/mol. The van der Waals surface area contributed by atoms with Crippen molar-refractivity contribution < 1.29 is 9.90 Å². The summed E-state index contributed by atoms with van der Waals surface area (Å²) in [6.07, 6.45) is 10.4. The van der Waals surface area contributed by atoms with E-state index in [0.29, 0.717) is 16.9 Å². The minimum absolute atomic E-state index is 0.447. The fourth-order valence-electron chi connectivity index (χ4n) is 5.00. The fourth-order valence-corrected chi connectivity index (χ4v) is 5.54. The third kappa shape index (κ3) is 3.50. The maximum Gasteiger partial charge on any atom is 0.330 e. The first-order chi connectivity index (χ1) is 10.4. The molecule has 0 radical (unpaired) electrons. The molecule has 2 saturated carbocycles. The number of hydrogen-bond donors (Lipinski definition) is 1. The van der Waals surface area contributed by atoms with Crippen molar-refractivity contribution in [1.29, 1.82) is 0 Å². The maximum atomic E-state index is 10.9. The van der Waals surface area contributed by atoms with Gasteiger partial charge < -0.3 is 5.11 Å². The molecule has 1 unspecified atom stereocenters. The van der Waals surface area contributed by atoms with Crippen LogP contribution in [-0.4, -0.2) is 11.1 Å². The van der Waals surface area contributed by atoms with Crippen molar-refractivity contribution in [3.63, 3.8) is 0 Å². The molecule has 0 bridgehead atoms. The largest absolute Gasteiger partial charge is 0.478 e. The average molecular weight is 369 g/mol. The molecule has 0 heterocycles. The molecule has 124 valence electrons. The second kappa shape index (κ2) is 7.33. The lowest BCUT2D eigenvalue weighted by atomic mass is 9.61. The van der Waals surface area contributed by atoms with Crippen LogP contribution in [0.4, 0.5) is 0 Å². The van der Waals surface area contributed by atoms with Crippen molar-refractivity contribution in [3.8, 4) is 0 Å². The molecule has 0 aromatic heterocycles. The first-order valence-corrected chi connectivity index (χ1v) is 9.51. The Morgan fingerprint density at radius 3 is 2.86 bits per heavy atom. The van der Waals surface area contributed by atoms with Crippen LogP contribution in [0.3, 0.4) is 0 Å². The van der Waals surface area contributed by atoms with Gasteiger partial charge in [-0.1, -0.05) is 41.4 Å². The van der Waals surface area contributed by atoms with Gasteiger partial charge in [-0.25, -0.2) is 4.79 Å². The molecule has 1 N–H and O–H groups in total. The highest BCUT2D eigenvalue weighted by Crippen LogP contribution is 2.59. The van der Waals surface area contributed by atoms with E-state index in [0.717, 1.165) is 24.7 Å². The molecule has 0 spiro atoms. The normalized spacial score (nSPS) is 35.5. The Morgan fingerprint density at radius 2 is 2.23 bits per heavy atom. The van der Waals surface area contributed by atoms with Crippen LogP contribution in [0.2, 0.25) is 0 Å². The van der Waals surface area contributed by atoms with Crippen molar-refractivity contribution in [2.24, 2.45) is 23.2 Å². The number of carboxylic acid groups (broad SMARTS) is 1. The van der Waals surface area contributed by atoms with Crippen LogP contribution in [0, 0.1) is 23.2 Å². The molecule has 2 fully saturated rings. The van der Waals surface area contributed by atoms with E-state index < -0.39 is 5.97 Å². The smallest absolute Gasteiger partial charge is 0.330 e. The zero-order valence-electron chi connectivity index (χ0n) is 14.1. The summed E-state index contributed by atoms with van der Waals surface area (Å²) < 4.78 is 0. The van der Waals surface area contributed by atoms with Crippen LogP contribution in [0.15, 0.2) is 22.2 Å². The summed E-state index contributed by atoms with van der Waals surface area (Å²) in [4.78, 5) is 13.0. The molecule has 0 aromatic rings. The van der Waals surface area contributed by atoms with E-state index in [-0.39, 0.29) is 0 Å². The molecule has 0 aliphatic heterocycles. The summed E-state index contributed by atoms with van der Waals surface area (Å²) in [5.41, 5.74) is 2.54. The second-order valence-corrected chi connectivity index (χ2v) is 7.98. The molecular formula is C19H29BrO2. The van der Waals surface area contributed by atoms with Gasteiger partial charge >= 0.3 is 5.97 Å². The van der Waals surface area contributed by atoms with Gasteiger partial charge in [-0.15, -0.1) is 0 Å². The SMILES string of the molecule is C/C(=C/CC[C@@H](C)[C@H]1CCC2/C(=C/Br)CCC[C@@]21C)C(=O)O. The van der Waals surface area contributed by atoms with E-state index in [4.69, 9.17) is 5.11 Å². The van der Waals surface area contributed by atoms with Crippen molar-refractivity contribution in [2.75, 3.05) is 0 Å². The van der Waals surface area contributed by atoms with Crippen molar-refractivity contribution in [2.45, 2.75) is 65.7 Å². The highest BCUT2D eigenvalue weighted by molar-refractivity contribution is 9.11. The van der Waals surface area contributed by atoms with Crippen LogP contribution in [0.1, 0.15) is 65.7 Å². The minimum Gasteiger partial charge on any atom is -0.478 e. The Bertz CT molecular complexity index is 480. The molecule has 2 aliphatic rings. The third-order valence-corrected chi connectivity index (χ3v) is 6.86. The van der Waals surface area contributed by atoms with Crippen LogP contribution < -0.4 is 0 Å². The van der Waals surface area contributed by atoms with Gasteiger partial charge in [-0.3, -0.25) is 0 Å². The molecule has 22 heavy (non-hydrogen) atoms. The van der Waals surface area contributed by atoms with Crippen LogP contribution >= 0.6 is 15.9 Å². The Balaban J connectivity index is 2.00. The van der Waals surface area contributed by atoms with Gasteiger partial charge in [0.25, 0.3) is 0 Å². The number of halogens is 1. The number of hydrogen-bond acceptors (Lipinski definition) is 1. The van der Waals surface area contributed by atoms with E-state index in [2.05, 4.69) is 34.8 Å². The molecule has 0 saturated heterocycles. The van der Waals surface area contributed by atoms with Crippen molar-refractivity contribution in [3.05, 3.63) is 22.2 Å². The Labute approximate surface area is 143 Å². The van der Waals surface area contributed by atoms with Crippen molar-refractivity contribution >= 4 is 21.9 Å². The number of carbonyl (C=O) groups is 1. The molecule has 0 aromatic carbocycles. The summed E-state index contributed by atoms with van der Waals surface area (Å²) in [7, 11) is 0. The van der Waals surface area contributed by atoms with Gasteiger partial charge in [0.1, 0.15) is 0 Å². The first kappa shape index (κ1) is 17.8. The lowest BCUT2D eigenvalue weighted by Crippen LogP contribution is -2.35. The highest BCUT2D eigenvalue weighted by Gasteiger charge is 2.50. The van der Waals surface area contributed by atoms with Crippen LogP contribution in [0.25, 0.3) is 0 Å². The summed E-state index contributed by atoms with van der Waals surface area (Å²) in [6, 6.07) is 0. The number of allylic oxidation sites excluding steroid dienone is 2. The third-order valence-electron chi connectivity index (χ3n) is 6.27. The average Bonchev–Trinajstić information content (AvgIpc) is 2.83. The van der Waals surface area contributed by atoms with Crippen LogP contribution in [0.5, 0.6) is 0 Å². The topological polar surface area (TPSA) is 37.3 Å². The van der Waals surface area contributed by atoms with Gasteiger partial charge in [-0.05, 0) is 80.0 Å². The van der Waals surface area contributed by atoms with Gasteiger partial charge in [0.15, 0.2) is 0 Å². The van der Waals surface area contributed by atoms with E-state index in [1.165, 1.54) is 32.1 Å². The molecule has 0 amide bonds. The highest BCUT2D eigenvalue weighted by atomic mass is 79.9. The summed E-state index contributed by atoms with van der Waals surface area (Å²) in [5, 5.41) is 8.93. The molecule has 2 nitrogen and oxygen atoms in total. The predicted octanol–water partition coefficient (Wildman–Crippen LogP) is 5.93. The first-order valence-electron chi connectivity index (χ1n) is 8.59. The summed E-state index contributed by atoms with van der Waals surface area (Å²) in [5.74, 6) is 1.41. The summed E-state index contributed by atoms with van der Waals surface area (Å²) in [6.45, 7) is 6.56. The fraction of sp³-hybridized carbons (Fsp3) is 0.737. The Morgan fingerprint density at radius 1 is 1.50 bits per heavy atom. The minimum atomic E-state index is -0.792. The number of carboxylic acids is 1. The molecule has 3 heteroatoms. The van der Waals surface area contributed by atoms with Gasteiger partial charge in [0.05, 0.1) is 0 Å².